The molecule has 0 aromatic heterocycles. The Morgan fingerprint density at radius 1 is 1.11 bits per heavy atom. The molecular formula is C12H11F3O3. The van der Waals surface area contributed by atoms with E-state index < -0.39 is 29.2 Å². The lowest BCUT2D eigenvalue weighted by atomic mass is 10.0. The number of carbonyl (C=O) groups is 2. The van der Waals surface area contributed by atoms with Crippen molar-refractivity contribution in [3.63, 3.8) is 0 Å². The predicted octanol–water partition coefficient (Wildman–Crippen LogP) is 2.17. The van der Waals surface area contributed by atoms with E-state index in [1.807, 2.05) is 0 Å². The second kappa shape index (κ2) is 6.18. The van der Waals surface area contributed by atoms with E-state index >= 15 is 0 Å². The van der Waals surface area contributed by atoms with Crippen molar-refractivity contribution < 1.29 is 27.5 Å². The van der Waals surface area contributed by atoms with Gasteiger partial charge in [-0.2, -0.15) is 0 Å². The first kappa shape index (κ1) is 14.2. The normalized spacial score (nSPS) is 10.2. The van der Waals surface area contributed by atoms with Crippen molar-refractivity contribution in [2.45, 2.75) is 19.3 Å². The van der Waals surface area contributed by atoms with Crippen LogP contribution in [0.15, 0.2) is 12.1 Å². The number of halogens is 3. The molecule has 0 aliphatic carbocycles. The standard InChI is InChI=1S/C12H11F3O3/c1-18-10(17)5-3-8(16)6-7-2-4-9(13)12(15)11(7)14/h2,4H,3,5-6H2,1H3. The van der Waals surface area contributed by atoms with Gasteiger partial charge in [0, 0.05) is 12.8 Å². The topological polar surface area (TPSA) is 43.4 Å². The number of carbonyl (C=O) groups excluding carboxylic acids is 2. The fraction of sp³-hybridized carbons (Fsp3) is 0.333. The lowest BCUT2D eigenvalue weighted by Crippen LogP contribution is -2.09. The number of ether oxygens (including phenoxy) is 1. The third-order valence-electron chi connectivity index (χ3n) is 2.34. The molecule has 3 nitrogen and oxygen atoms in total. The second-order valence-corrected chi connectivity index (χ2v) is 3.63. The highest BCUT2D eigenvalue weighted by molar-refractivity contribution is 5.84. The first-order valence-corrected chi connectivity index (χ1v) is 5.16. The maximum Gasteiger partial charge on any atom is 0.305 e. The summed E-state index contributed by atoms with van der Waals surface area (Å²) in [6.45, 7) is 0. The van der Waals surface area contributed by atoms with Gasteiger partial charge in [-0.25, -0.2) is 13.2 Å². The molecule has 0 saturated heterocycles. The summed E-state index contributed by atoms with van der Waals surface area (Å²) in [6, 6.07) is 1.76. The van der Waals surface area contributed by atoms with Gasteiger partial charge < -0.3 is 4.74 Å². The minimum Gasteiger partial charge on any atom is -0.469 e. The highest BCUT2D eigenvalue weighted by Crippen LogP contribution is 2.16. The number of methoxy groups -OCH3 is 1. The van der Waals surface area contributed by atoms with Crippen molar-refractivity contribution in [1.82, 2.24) is 0 Å². The number of Topliss-reactive ketones (excluding diaryl/α,β-unsaturated/α-hetero) is 1. The van der Waals surface area contributed by atoms with Gasteiger partial charge in [-0.3, -0.25) is 9.59 Å². The fourth-order valence-corrected chi connectivity index (χ4v) is 1.35. The Hall–Kier alpha value is -1.85. The Labute approximate surface area is 102 Å². The minimum atomic E-state index is -1.60. The van der Waals surface area contributed by atoms with Crippen LogP contribution < -0.4 is 0 Å². The Balaban J connectivity index is 2.65. The van der Waals surface area contributed by atoms with Crippen LogP contribution in [0.5, 0.6) is 0 Å². The van der Waals surface area contributed by atoms with Crippen LogP contribution in [0.3, 0.4) is 0 Å². The number of ketones is 1. The van der Waals surface area contributed by atoms with Crippen molar-refractivity contribution in [1.29, 1.82) is 0 Å². The van der Waals surface area contributed by atoms with Gasteiger partial charge in [0.15, 0.2) is 17.5 Å². The van der Waals surface area contributed by atoms with Crippen molar-refractivity contribution in [3.05, 3.63) is 35.1 Å². The molecule has 0 bridgehead atoms. The lowest BCUT2D eigenvalue weighted by Gasteiger charge is -2.04. The number of benzene rings is 1. The summed E-state index contributed by atoms with van der Waals surface area (Å²) in [6.07, 6.45) is -0.647. The Morgan fingerprint density at radius 3 is 2.39 bits per heavy atom. The maximum absolute atomic E-state index is 13.2. The van der Waals surface area contributed by atoms with Gasteiger partial charge in [0.05, 0.1) is 13.5 Å². The van der Waals surface area contributed by atoms with E-state index in [0.29, 0.717) is 0 Å². The molecule has 98 valence electrons. The molecule has 1 rings (SSSR count). The molecule has 0 aliphatic heterocycles. The van der Waals surface area contributed by atoms with Crippen molar-refractivity contribution in [2.24, 2.45) is 0 Å². The van der Waals surface area contributed by atoms with Crippen molar-refractivity contribution in [2.75, 3.05) is 7.11 Å². The van der Waals surface area contributed by atoms with Crippen LogP contribution in [-0.4, -0.2) is 18.9 Å². The summed E-state index contributed by atoms with van der Waals surface area (Å²) in [4.78, 5) is 22.2. The zero-order valence-corrected chi connectivity index (χ0v) is 9.63. The van der Waals surface area contributed by atoms with Gasteiger partial charge in [0.1, 0.15) is 5.78 Å². The van der Waals surface area contributed by atoms with E-state index in [0.717, 1.165) is 12.1 Å². The van der Waals surface area contributed by atoms with E-state index in [9.17, 15) is 22.8 Å². The number of hydrogen-bond acceptors (Lipinski definition) is 3. The zero-order valence-electron chi connectivity index (χ0n) is 9.63. The SMILES string of the molecule is COC(=O)CCC(=O)Cc1ccc(F)c(F)c1F. The Kier molecular flexibility index (Phi) is 4.88. The lowest BCUT2D eigenvalue weighted by molar-refractivity contribution is -0.141. The molecule has 0 heterocycles. The Morgan fingerprint density at radius 2 is 1.78 bits per heavy atom. The molecular weight excluding hydrogens is 249 g/mol. The molecule has 6 heteroatoms. The van der Waals surface area contributed by atoms with Gasteiger partial charge in [0.2, 0.25) is 0 Å². The Bertz CT molecular complexity index is 472. The fourth-order valence-electron chi connectivity index (χ4n) is 1.35. The summed E-state index contributed by atoms with van der Waals surface area (Å²) in [7, 11) is 1.18. The molecule has 0 aliphatic rings. The van der Waals surface area contributed by atoms with Gasteiger partial charge >= 0.3 is 5.97 Å². The highest BCUT2D eigenvalue weighted by Gasteiger charge is 2.16. The molecule has 1 aromatic rings. The summed E-state index contributed by atoms with van der Waals surface area (Å²) < 4.78 is 43.1. The molecule has 1 aromatic carbocycles. The minimum absolute atomic E-state index is 0.124. The molecule has 0 saturated carbocycles. The monoisotopic (exact) mass is 260 g/mol. The third kappa shape index (κ3) is 3.58. The largest absolute Gasteiger partial charge is 0.469 e. The number of esters is 1. The average molecular weight is 260 g/mol. The number of hydrogen-bond donors (Lipinski definition) is 0. The molecule has 0 fully saturated rings. The van der Waals surface area contributed by atoms with E-state index in [-0.39, 0.29) is 24.8 Å². The first-order chi connectivity index (χ1) is 8.45. The van der Waals surface area contributed by atoms with Gasteiger partial charge in [0.25, 0.3) is 0 Å². The summed E-state index contributed by atoms with van der Waals surface area (Å²) in [5.74, 6) is -5.30. The molecule has 18 heavy (non-hydrogen) atoms. The van der Waals surface area contributed by atoms with Crippen molar-refractivity contribution in [3.8, 4) is 0 Å². The molecule has 0 unspecified atom stereocenters. The van der Waals surface area contributed by atoms with Crippen LogP contribution in [0.25, 0.3) is 0 Å². The molecule has 0 atom stereocenters. The predicted molar refractivity (Wildman–Crippen MR) is 56.3 cm³/mol. The average Bonchev–Trinajstić information content (AvgIpc) is 2.36. The summed E-state index contributed by atoms with van der Waals surface area (Å²) >= 11 is 0. The maximum atomic E-state index is 13.2. The van der Waals surface area contributed by atoms with E-state index in [1.54, 1.807) is 0 Å². The summed E-state index contributed by atoms with van der Waals surface area (Å²) in [5.41, 5.74) is -0.233. The third-order valence-corrected chi connectivity index (χ3v) is 2.34. The zero-order chi connectivity index (χ0) is 13.7. The van der Waals surface area contributed by atoms with Crippen LogP contribution in [0, 0.1) is 17.5 Å². The molecule has 0 N–H and O–H groups in total. The number of rotatable bonds is 5. The quantitative estimate of drug-likeness (QED) is 0.602. The van der Waals surface area contributed by atoms with Gasteiger partial charge in [-0.15, -0.1) is 0 Å². The second-order valence-electron chi connectivity index (χ2n) is 3.63. The van der Waals surface area contributed by atoms with Gasteiger partial charge in [-0.05, 0) is 11.6 Å². The van der Waals surface area contributed by atoms with Crippen LogP contribution in [-0.2, 0) is 20.7 Å². The first-order valence-electron chi connectivity index (χ1n) is 5.16. The molecule has 0 radical (unpaired) electrons. The van der Waals surface area contributed by atoms with E-state index in [4.69, 9.17) is 0 Å². The van der Waals surface area contributed by atoms with Crippen LogP contribution in [0.4, 0.5) is 13.2 Å². The van der Waals surface area contributed by atoms with Gasteiger partial charge in [-0.1, -0.05) is 6.07 Å². The smallest absolute Gasteiger partial charge is 0.305 e. The molecule has 0 spiro atoms. The van der Waals surface area contributed by atoms with Crippen molar-refractivity contribution >= 4 is 11.8 Å². The van der Waals surface area contributed by atoms with E-state index in [2.05, 4.69) is 4.74 Å². The van der Waals surface area contributed by atoms with Crippen LogP contribution in [0.2, 0.25) is 0 Å². The van der Waals surface area contributed by atoms with Crippen LogP contribution in [0.1, 0.15) is 18.4 Å². The van der Waals surface area contributed by atoms with E-state index in [1.165, 1.54) is 7.11 Å². The van der Waals surface area contributed by atoms with Crippen LogP contribution >= 0.6 is 0 Å². The highest BCUT2D eigenvalue weighted by atomic mass is 19.2. The molecule has 0 amide bonds. The summed E-state index contributed by atoms with van der Waals surface area (Å²) in [5, 5.41) is 0.